The monoisotopic (exact) mass is 400 g/mol. The lowest BCUT2D eigenvalue weighted by atomic mass is 10.0. The van der Waals surface area contributed by atoms with E-state index in [0.29, 0.717) is 24.9 Å². The molecule has 1 aromatic carbocycles. The molecule has 0 amide bonds. The molecule has 2 aliphatic rings. The number of nitrogens with one attached hydrogen (secondary N) is 1. The molecule has 2 aliphatic heterocycles. The summed E-state index contributed by atoms with van der Waals surface area (Å²) in [6, 6.07) is 3.18. The van der Waals surface area contributed by atoms with Crippen LogP contribution in [0.3, 0.4) is 0 Å². The SMILES string of the molecule is CN(C1CC2CCC(C1)N2)S(=O)(=O)c1ccc(OC(F)F)c(F)c1.Cl. The molecule has 25 heavy (non-hydrogen) atoms. The third-order valence-electron chi connectivity index (χ3n) is 4.76. The van der Waals surface area contributed by atoms with Crippen molar-refractivity contribution in [2.75, 3.05) is 7.05 Å². The van der Waals surface area contributed by atoms with Gasteiger partial charge in [0.25, 0.3) is 0 Å². The Balaban J connectivity index is 0.00000225. The lowest BCUT2D eigenvalue weighted by Gasteiger charge is -2.34. The van der Waals surface area contributed by atoms with Crippen LogP contribution in [0, 0.1) is 5.82 Å². The highest BCUT2D eigenvalue weighted by atomic mass is 35.5. The minimum atomic E-state index is -3.90. The zero-order valence-corrected chi connectivity index (χ0v) is 15.1. The van der Waals surface area contributed by atoms with Gasteiger partial charge in [-0.3, -0.25) is 0 Å². The van der Waals surface area contributed by atoms with E-state index >= 15 is 0 Å². The normalized spacial score (nSPS) is 25.9. The summed E-state index contributed by atoms with van der Waals surface area (Å²) in [4.78, 5) is -0.269. The summed E-state index contributed by atoms with van der Waals surface area (Å²) in [6.07, 6.45) is 3.48. The Bertz CT molecular complexity index is 708. The van der Waals surface area contributed by atoms with E-state index in [1.54, 1.807) is 0 Å². The lowest BCUT2D eigenvalue weighted by molar-refractivity contribution is -0.0522. The number of hydrogen-bond acceptors (Lipinski definition) is 4. The second kappa shape index (κ2) is 7.69. The van der Waals surface area contributed by atoms with E-state index < -0.39 is 28.2 Å². The Kier molecular flexibility index (Phi) is 6.24. The van der Waals surface area contributed by atoms with Crippen LogP contribution in [0.15, 0.2) is 23.1 Å². The van der Waals surface area contributed by atoms with E-state index in [1.165, 1.54) is 11.4 Å². The maximum atomic E-state index is 13.8. The predicted octanol–water partition coefficient (Wildman–Crippen LogP) is 2.75. The number of sulfonamides is 1. The van der Waals surface area contributed by atoms with Gasteiger partial charge in [-0.05, 0) is 43.9 Å². The lowest BCUT2D eigenvalue weighted by Crippen LogP contribution is -2.48. The Morgan fingerprint density at radius 2 is 1.84 bits per heavy atom. The maximum Gasteiger partial charge on any atom is 0.387 e. The van der Waals surface area contributed by atoms with E-state index in [9.17, 15) is 21.6 Å². The fourth-order valence-electron chi connectivity index (χ4n) is 3.52. The van der Waals surface area contributed by atoms with Crippen LogP contribution in [0.5, 0.6) is 5.75 Å². The first-order valence-corrected chi connectivity index (χ1v) is 9.20. The topological polar surface area (TPSA) is 58.6 Å². The van der Waals surface area contributed by atoms with Crippen molar-refractivity contribution in [1.29, 1.82) is 0 Å². The van der Waals surface area contributed by atoms with E-state index in [4.69, 9.17) is 0 Å². The molecule has 10 heteroatoms. The molecule has 1 aromatic rings. The minimum Gasteiger partial charge on any atom is -0.432 e. The van der Waals surface area contributed by atoms with E-state index in [-0.39, 0.29) is 23.3 Å². The molecule has 0 aliphatic carbocycles. The number of piperidine rings is 1. The molecular formula is C15H20ClF3N2O3S. The van der Waals surface area contributed by atoms with Crippen molar-refractivity contribution in [2.45, 2.75) is 55.3 Å². The summed E-state index contributed by atoms with van der Waals surface area (Å²) in [5.74, 6) is -1.80. The quantitative estimate of drug-likeness (QED) is 0.825. The third kappa shape index (κ3) is 4.21. The first-order valence-electron chi connectivity index (χ1n) is 7.76. The molecule has 0 spiro atoms. The van der Waals surface area contributed by atoms with Gasteiger partial charge >= 0.3 is 6.61 Å². The van der Waals surface area contributed by atoms with Gasteiger partial charge in [-0.2, -0.15) is 13.1 Å². The molecule has 142 valence electrons. The molecule has 0 radical (unpaired) electrons. The molecule has 3 rings (SSSR count). The van der Waals surface area contributed by atoms with Gasteiger partial charge in [0.2, 0.25) is 10.0 Å². The van der Waals surface area contributed by atoms with Crippen molar-refractivity contribution in [3.05, 3.63) is 24.0 Å². The Morgan fingerprint density at radius 1 is 1.24 bits per heavy atom. The highest BCUT2D eigenvalue weighted by Crippen LogP contribution is 2.32. The number of hydrogen-bond donors (Lipinski definition) is 1. The highest BCUT2D eigenvalue weighted by molar-refractivity contribution is 7.89. The molecular weight excluding hydrogens is 381 g/mol. The molecule has 2 fully saturated rings. The van der Waals surface area contributed by atoms with E-state index in [2.05, 4.69) is 10.1 Å². The molecule has 0 aromatic heterocycles. The molecule has 2 unspecified atom stereocenters. The number of benzene rings is 1. The number of halogens is 4. The Hall–Kier alpha value is -1.03. The fraction of sp³-hybridized carbons (Fsp3) is 0.600. The molecule has 2 atom stereocenters. The smallest absolute Gasteiger partial charge is 0.387 e. The summed E-state index contributed by atoms with van der Waals surface area (Å²) in [5.41, 5.74) is 0. The standard InChI is InChI=1S/C15H19F3N2O3S.ClH/c1-20(11-6-9-2-3-10(7-11)19-9)24(21,22)12-4-5-14(13(16)8-12)23-15(17)18;/h4-5,8-11,15,19H,2-3,6-7H2,1H3;1H. The average molecular weight is 401 g/mol. The molecule has 2 heterocycles. The van der Waals surface area contributed by atoms with Crippen LogP contribution in [-0.2, 0) is 10.0 Å². The molecule has 1 N–H and O–H groups in total. The van der Waals surface area contributed by atoms with Crippen molar-refractivity contribution in [3.8, 4) is 5.75 Å². The fourth-order valence-corrected chi connectivity index (χ4v) is 4.91. The molecule has 5 nitrogen and oxygen atoms in total. The number of nitrogens with zero attached hydrogens (tertiary/aromatic N) is 1. The Labute approximate surface area is 151 Å². The average Bonchev–Trinajstić information content (AvgIpc) is 2.86. The van der Waals surface area contributed by atoms with Gasteiger partial charge in [-0.25, -0.2) is 12.8 Å². The predicted molar refractivity (Wildman–Crippen MR) is 88.2 cm³/mol. The summed E-state index contributed by atoms with van der Waals surface area (Å²) < 4.78 is 68.8. The Morgan fingerprint density at radius 3 is 2.36 bits per heavy atom. The largest absolute Gasteiger partial charge is 0.432 e. The van der Waals surface area contributed by atoms with Crippen molar-refractivity contribution in [2.24, 2.45) is 0 Å². The molecule has 0 saturated carbocycles. The van der Waals surface area contributed by atoms with E-state index in [0.717, 1.165) is 31.0 Å². The number of rotatable bonds is 5. The number of ether oxygens (including phenoxy) is 1. The van der Waals surface area contributed by atoms with Crippen LogP contribution in [0.25, 0.3) is 0 Å². The summed E-state index contributed by atoms with van der Waals surface area (Å²) in [7, 11) is -2.42. The zero-order valence-electron chi connectivity index (χ0n) is 13.5. The minimum absolute atomic E-state index is 0. The van der Waals surface area contributed by atoms with Crippen LogP contribution in [0.4, 0.5) is 13.2 Å². The van der Waals surface area contributed by atoms with Gasteiger partial charge in [0.15, 0.2) is 11.6 Å². The van der Waals surface area contributed by atoms with Gasteiger partial charge in [0.05, 0.1) is 4.90 Å². The summed E-state index contributed by atoms with van der Waals surface area (Å²) in [5, 5.41) is 3.43. The van der Waals surface area contributed by atoms with E-state index in [1.807, 2.05) is 0 Å². The number of alkyl halides is 2. The highest BCUT2D eigenvalue weighted by Gasteiger charge is 2.39. The van der Waals surface area contributed by atoms with Crippen LogP contribution in [0.1, 0.15) is 25.7 Å². The maximum absolute atomic E-state index is 13.8. The number of fused-ring (bicyclic) bond motifs is 2. The van der Waals surface area contributed by atoms with Crippen LogP contribution < -0.4 is 10.1 Å². The van der Waals surface area contributed by atoms with Crippen molar-refractivity contribution >= 4 is 22.4 Å². The van der Waals surface area contributed by atoms with Gasteiger partial charge in [-0.1, -0.05) is 0 Å². The van der Waals surface area contributed by atoms with Crippen molar-refractivity contribution in [3.63, 3.8) is 0 Å². The second-order valence-corrected chi connectivity index (χ2v) is 8.25. The van der Waals surface area contributed by atoms with Crippen molar-refractivity contribution in [1.82, 2.24) is 9.62 Å². The first-order chi connectivity index (χ1) is 11.3. The van der Waals surface area contributed by atoms with Gasteiger partial charge < -0.3 is 10.1 Å². The van der Waals surface area contributed by atoms with Gasteiger partial charge in [0.1, 0.15) is 0 Å². The zero-order chi connectivity index (χ0) is 17.5. The second-order valence-electron chi connectivity index (χ2n) is 6.26. The first kappa shape index (κ1) is 20.3. The summed E-state index contributed by atoms with van der Waals surface area (Å²) in [6.45, 7) is -3.17. The molecule has 2 saturated heterocycles. The van der Waals surface area contributed by atoms with Crippen LogP contribution >= 0.6 is 12.4 Å². The van der Waals surface area contributed by atoms with Gasteiger partial charge in [-0.15, -0.1) is 12.4 Å². The van der Waals surface area contributed by atoms with Gasteiger partial charge in [0, 0.05) is 25.2 Å². The van der Waals surface area contributed by atoms with Crippen molar-refractivity contribution < 1.29 is 26.3 Å². The van der Waals surface area contributed by atoms with Crippen LogP contribution in [-0.4, -0.2) is 44.5 Å². The summed E-state index contributed by atoms with van der Waals surface area (Å²) >= 11 is 0. The molecule has 2 bridgehead atoms. The van der Waals surface area contributed by atoms with Crippen LogP contribution in [0.2, 0.25) is 0 Å². The third-order valence-corrected chi connectivity index (χ3v) is 6.66.